The maximum absolute atomic E-state index is 2.43. The van der Waals surface area contributed by atoms with Crippen LogP contribution in [0.2, 0.25) is 0 Å². The standard InChI is InChI=1S/C56H32S2/c1-2-14-37-33(12-1)13-11-22-42(37)55-43-18-5-7-20-45(43)56(46-21-8-6-19-44(46)55)47-26-25-38(39-15-3-4-16-40(39)47)34-24-27-52-49(28-34)50-30-36-31-53-48(29-35(36)32-54(50)58-52)41-17-9-10-23-51(41)57-53/h1-32H. The van der Waals surface area contributed by atoms with Gasteiger partial charge in [0.2, 0.25) is 0 Å². The molecule has 0 aliphatic carbocycles. The van der Waals surface area contributed by atoms with Gasteiger partial charge in [0.1, 0.15) is 0 Å². The lowest BCUT2D eigenvalue weighted by atomic mass is 9.83. The molecule has 0 saturated carbocycles. The van der Waals surface area contributed by atoms with Crippen molar-refractivity contribution in [1.29, 1.82) is 0 Å². The summed E-state index contributed by atoms with van der Waals surface area (Å²) in [6.07, 6.45) is 0. The summed E-state index contributed by atoms with van der Waals surface area (Å²) in [7, 11) is 0. The van der Waals surface area contributed by atoms with Crippen molar-refractivity contribution in [3.8, 4) is 33.4 Å². The van der Waals surface area contributed by atoms with Crippen LogP contribution in [-0.4, -0.2) is 0 Å². The Hall–Kier alpha value is -6.84. The smallest absolute Gasteiger partial charge is 0.0361 e. The largest absolute Gasteiger partial charge is 0.135 e. The minimum atomic E-state index is 1.25. The van der Waals surface area contributed by atoms with Crippen molar-refractivity contribution in [2.75, 3.05) is 0 Å². The first-order chi connectivity index (χ1) is 28.7. The van der Waals surface area contributed by atoms with Gasteiger partial charge in [-0.15, -0.1) is 22.7 Å². The van der Waals surface area contributed by atoms with Crippen LogP contribution in [0.5, 0.6) is 0 Å². The topological polar surface area (TPSA) is 0 Å². The molecule has 0 aliphatic rings. The van der Waals surface area contributed by atoms with Crippen LogP contribution in [0.1, 0.15) is 0 Å². The van der Waals surface area contributed by atoms with Gasteiger partial charge in [0.25, 0.3) is 0 Å². The second kappa shape index (κ2) is 12.3. The second-order valence-corrected chi connectivity index (χ2v) is 17.7. The lowest BCUT2D eigenvalue weighted by Gasteiger charge is -2.20. The number of hydrogen-bond acceptors (Lipinski definition) is 2. The molecule has 0 unspecified atom stereocenters. The van der Waals surface area contributed by atoms with E-state index in [-0.39, 0.29) is 0 Å². The van der Waals surface area contributed by atoms with E-state index >= 15 is 0 Å². The van der Waals surface area contributed by atoms with E-state index in [0.29, 0.717) is 0 Å². The van der Waals surface area contributed by atoms with Crippen molar-refractivity contribution in [2.45, 2.75) is 0 Å². The molecule has 0 saturated heterocycles. The molecule has 13 aromatic rings. The van der Waals surface area contributed by atoms with E-state index in [1.54, 1.807) is 0 Å². The maximum Gasteiger partial charge on any atom is 0.0361 e. The predicted octanol–water partition coefficient (Wildman–Crippen LogP) is 17.2. The third kappa shape index (κ3) is 4.68. The third-order valence-corrected chi connectivity index (χ3v) is 14.7. The van der Waals surface area contributed by atoms with Gasteiger partial charge < -0.3 is 0 Å². The van der Waals surface area contributed by atoms with Gasteiger partial charge in [0.05, 0.1) is 0 Å². The SMILES string of the molecule is c1ccc2c(-c3c4ccccc4c(-c4ccc(-c5ccc6sc7cc8cc9c(cc8cc7c6c5)sc5ccccc59)c5ccccc45)c4ccccc34)cccc2c1. The summed E-state index contributed by atoms with van der Waals surface area (Å²) in [5, 5.41) is 18.1. The summed E-state index contributed by atoms with van der Waals surface area (Å²) in [5.74, 6) is 0. The fourth-order valence-electron chi connectivity index (χ4n) is 9.83. The molecule has 0 fully saturated rings. The molecular formula is C56H32S2. The van der Waals surface area contributed by atoms with Crippen LogP contribution in [0, 0.1) is 0 Å². The maximum atomic E-state index is 2.43. The summed E-state index contributed by atoms with van der Waals surface area (Å²) in [4.78, 5) is 0. The van der Waals surface area contributed by atoms with Gasteiger partial charge in [-0.05, 0) is 130 Å². The quantitative estimate of drug-likeness (QED) is 0.157. The molecule has 0 spiro atoms. The van der Waals surface area contributed by atoms with Gasteiger partial charge in [0.15, 0.2) is 0 Å². The fourth-order valence-corrected chi connectivity index (χ4v) is 12.1. The zero-order chi connectivity index (χ0) is 37.9. The fraction of sp³-hybridized carbons (Fsp3) is 0. The van der Waals surface area contributed by atoms with Crippen LogP contribution in [0.25, 0.3) is 128 Å². The Labute approximate surface area is 342 Å². The van der Waals surface area contributed by atoms with Crippen LogP contribution in [-0.2, 0) is 0 Å². The molecule has 0 bridgehead atoms. The van der Waals surface area contributed by atoms with Gasteiger partial charge in [-0.1, -0.05) is 152 Å². The molecule has 13 rings (SSSR count). The first-order valence-electron chi connectivity index (χ1n) is 19.9. The third-order valence-electron chi connectivity index (χ3n) is 12.4. The molecule has 0 amide bonds. The van der Waals surface area contributed by atoms with Gasteiger partial charge in [-0.2, -0.15) is 0 Å². The number of hydrogen-bond donors (Lipinski definition) is 0. The van der Waals surface area contributed by atoms with Crippen molar-refractivity contribution >= 4 is 117 Å². The minimum absolute atomic E-state index is 1.25. The Morgan fingerprint density at radius 2 is 0.672 bits per heavy atom. The Balaban J connectivity index is 1.01. The molecular weight excluding hydrogens is 737 g/mol. The normalized spacial score (nSPS) is 12.1. The van der Waals surface area contributed by atoms with Crippen molar-refractivity contribution in [3.63, 3.8) is 0 Å². The molecule has 11 aromatic carbocycles. The second-order valence-electron chi connectivity index (χ2n) is 15.5. The summed E-state index contributed by atoms with van der Waals surface area (Å²) < 4.78 is 5.36. The van der Waals surface area contributed by atoms with Crippen LogP contribution in [0.4, 0.5) is 0 Å². The van der Waals surface area contributed by atoms with Crippen LogP contribution in [0.3, 0.4) is 0 Å². The molecule has 58 heavy (non-hydrogen) atoms. The number of rotatable bonds is 3. The van der Waals surface area contributed by atoms with Crippen molar-refractivity contribution < 1.29 is 0 Å². The first-order valence-corrected chi connectivity index (χ1v) is 21.5. The average Bonchev–Trinajstić information content (AvgIpc) is 3.82. The molecule has 0 N–H and O–H groups in total. The van der Waals surface area contributed by atoms with E-state index in [2.05, 4.69) is 194 Å². The van der Waals surface area contributed by atoms with Gasteiger partial charge in [-0.25, -0.2) is 0 Å². The zero-order valence-corrected chi connectivity index (χ0v) is 32.9. The molecule has 2 aromatic heterocycles. The van der Waals surface area contributed by atoms with E-state index < -0.39 is 0 Å². The van der Waals surface area contributed by atoms with Crippen molar-refractivity contribution in [3.05, 3.63) is 194 Å². The molecule has 0 atom stereocenters. The molecule has 2 heterocycles. The van der Waals surface area contributed by atoms with E-state index in [4.69, 9.17) is 0 Å². The van der Waals surface area contributed by atoms with Crippen LogP contribution >= 0.6 is 22.7 Å². The number of benzene rings is 11. The van der Waals surface area contributed by atoms with E-state index in [1.807, 2.05) is 22.7 Å². The zero-order valence-electron chi connectivity index (χ0n) is 31.3. The van der Waals surface area contributed by atoms with Crippen molar-refractivity contribution in [1.82, 2.24) is 0 Å². The average molecular weight is 769 g/mol. The highest BCUT2D eigenvalue weighted by atomic mass is 32.1. The summed E-state index contributed by atoms with van der Waals surface area (Å²) in [6.45, 7) is 0. The molecule has 0 aliphatic heterocycles. The molecule has 268 valence electrons. The first kappa shape index (κ1) is 32.3. The molecule has 2 heteroatoms. The Morgan fingerprint density at radius 1 is 0.224 bits per heavy atom. The number of thiophene rings is 2. The van der Waals surface area contributed by atoms with E-state index in [1.165, 1.54) is 128 Å². The lowest BCUT2D eigenvalue weighted by Crippen LogP contribution is -1.93. The lowest BCUT2D eigenvalue weighted by molar-refractivity contribution is 1.67. The minimum Gasteiger partial charge on any atom is -0.135 e. The van der Waals surface area contributed by atoms with Gasteiger partial charge >= 0.3 is 0 Å². The van der Waals surface area contributed by atoms with E-state index in [0.717, 1.165) is 0 Å². The van der Waals surface area contributed by atoms with Gasteiger partial charge in [0, 0.05) is 40.3 Å². The molecule has 0 radical (unpaired) electrons. The van der Waals surface area contributed by atoms with Gasteiger partial charge in [-0.3, -0.25) is 0 Å². The van der Waals surface area contributed by atoms with Crippen LogP contribution < -0.4 is 0 Å². The Bertz CT molecular complexity index is 3800. The van der Waals surface area contributed by atoms with Crippen LogP contribution in [0.15, 0.2) is 194 Å². The summed E-state index contributed by atoms with van der Waals surface area (Å²) in [5.41, 5.74) is 7.62. The molecule has 0 nitrogen and oxygen atoms in total. The monoisotopic (exact) mass is 768 g/mol. The highest BCUT2D eigenvalue weighted by molar-refractivity contribution is 7.26. The Kier molecular flexibility index (Phi) is 6.86. The number of fused-ring (bicyclic) bond motifs is 11. The Morgan fingerprint density at radius 3 is 1.33 bits per heavy atom. The highest BCUT2D eigenvalue weighted by Gasteiger charge is 2.20. The predicted molar refractivity (Wildman–Crippen MR) is 256 cm³/mol. The summed E-state index contributed by atoms with van der Waals surface area (Å²) in [6, 6.07) is 72.8. The van der Waals surface area contributed by atoms with E-state index in [9.17, 15) is 0 Å². The van der Waals surface area contributed by atoms with Crippen molar-refractivity contribution in [2.24, 2.45) is 0 Å². The highest BCUT2D eigenvalue weighted by Crippen LogP contribution is 2.48. The summed E-state index contributed by atoms with van der Waals surface area (Å²) >= 11 is 3.79.